The van der Waals surface area contributed by atoms with Crippen LogP contribution in [-0.2, 0) is 29.2 Å². The predicted octanol–water partition coefficient (Wildman–Crippen LogP) is 4.32. The van der Waals surface area contributed by atoms with Crippen LogP contribution in [-0.4, -0.2) is 36.8 Å². The molecule has 7 heteroatoms. The normalized spacial score (nSPS) is 12.4. The van der Waals surface area contributed by atoms with E-state index < -0.39 is 35.1 Å². The quantitative estimate of drug-likeness (QED) is 0.373. The van der Waals surface area contributed by atoms with Crippen molar-refractivity contribution in [3.8, 4) is 0 Å². The second-order valence-corrected chi connectivity index (χ2v) is 8.10. The Morgan fingerprint density at radius 1 is 0.812 bits per heavy atom. The van der Waals surface area contributed by atoms with E-state index in [1.54, 1.807) is 95.3 Å². The van der Waals surface area contributed by atoms with Gasteiger partial charge < -0.3 is 19.5 Å². The van der Waals surface area contributed by atoms with Gasteiger partial charge in [-0.2, -0.15) is 0 Å². The summed E-state index contributed by atoms with van der Waals surface area (Å²) in [6.07, 6.45) is -0.778. The molecule has 0 saturated heterocycles. The molecule has 32 heavy (non-hydrogen) atoms. The molecule has 0 saturated carbocycles. The Morgan fingerprint density at radius 3 is 1.72 bits per heavy atom. The van der Waals surface area contributed by atoms with Crippen molar-refractivity contribution < 1.29 is 28.6 Å². The zero-order valence-electron chi connectivity index (χ0n) is 19.2. The maximum absolute atomic E-state index is 13.5. The lowest BCUT2D eigenvalue weighted by Gasteiger charge is -2.37. The zero-order valence-corrected chi connectivity index (χ0v) is 19.2. The van der Waals surface area contributed by atoms with Gasteiger partial charge in [-0.25, -0.2) is 4.79 Å². The third kappa shape index (κ3) is 5.66. The summed E-state index contributed by atoms with van der Waals surface area (Å²) >= 11 is 0. The number of carbonyl (C=O) groups excluding carboxylic acids is 3. The SMILES string of the molecule is CCOC(=O)C(C(=O)OCC)(c1ccccc1)C(NC(=O)OC(C)(C)C)c1ccccc1. The lowest BCUT2D eigenvalue weighted by Crippen LogP contribution is -2.56. The van der Waals surface area contributed by atoms with Crippen molar-refractivity contribution >= 4 is 18.0 Å². The molecule has 172 valence electrons. The van der Waals surface area contributed by atoms with Gasteiger partial charge in [0.05, 0.1) is 19.3 Å². The molecule has 0 spiro atoms. The minimum atomic E-state index is -1.99. The summed E-state index contributed by atoms with van der Waals surface area (Å²) < 4.78 is 16.2. The smallest absolute Gasteiger partial charge is 0.408 e. The van der Waals surface area contributed by atoms with E-state index in [1.165, 1.54) is 0 Å². The first-order valence-corrected chi connectivity index (χ1v) is 10.6. The molecule has 2 aromatic carbocycles. The number of benzene rings is 2. The van der Waals surface area contributed by atoms with Crippen molar-refractivity contribution in [1.29, 1.82) is 0 Å². The molecular weight excluding hydrogens is 410 g/mol. The molecule has 0 aliphatic heterocycles. The first-order valence-electron chi connectivity index (χ1n) is 10.6. The highest BCUT2D eigenvalue weighted by Gasteiger charge is 2.58. The summed E-state index contributed by atoms with van der Waals surface area (Å²) in [5.74, 6) is -1.65. The number of amides is 1. The third-order valence-corrected chi connectivity index (χ3v) is 4.65. The second-order valence-electron chi connectivity index (χ2n) is 8.10. The van der Waals surface area contributed by atoms with Crippen molar-refractivity contribution in [2.75, 3.05) is 13.2 Å². The number of hydrogen-bond acceptors (Lipinski definition) is 6. The van der Waals surface area contributed by atoms with E-state index in [0.29, 0.717) is 11.1 Å². The van der Waals surface area contributed by atoms with Gasteiger partial charge in [0.2, 0.25) is 5.41 Å². The van der Waals surface area contributed by atoms with Gasteiger partial charge in [0.25, 0.3) is 0 Å². The monoisotopic (exact) mass is 441 g/mol. The first-order chi connectivity index (χ1) is 15.2. The molecule has 0 bridgehead atoms. The molecule has 2 rings (SSSR count). The second kappa shape index (κ2) is 10.8. The lowest BCUT2D eigenvalue weighted by atomic mass is 9.71. The molecule has 0 aliphatic carbocycles. The molecule has 0 heterocycles. The van der Waals surface area contributed by atoms with E-state index >= 15 is 0 Å². The summed E-state index contributed by atoms with van der Waals surface area (Å²) in [4.78, 5) is 39.9. The van der Waals surface area contributed by atoms with Crippen LogP contribution in [0.5, 0.6) is 0 Å². The van der Waals surface area contributed by atoms with Gasteiger partial charge in [-0.15, -0.1) is 0 Å². The maximum atomic E-state index is 13.5. The standard InChI is InChI=1S/C25H31NO6/c1-6-30-21(27)25(22(28)31-7-2,19-16-12-9-13-17-19)20(18-14-10-8-11-15-18)26-23(29)32-24(3,4)5/h8-17,20H,6-7H2,1-5H3,(H,26,29). The molecule has 1 N–H and O–H groups in total. The van der Waals surface area contributed by atoms with Crippen LogP contribution in [0.1, 0.15) is 51.8 Å². The summed E-state index contributed by atoms with van der Waals surface area (Å²) in [5, 5.41) is 2.75. The Morgan fingerprint density at radius 2 is 1.28 bits per heavy atom. The van der Waals surface area contributed by atoms with E-state index in [-0.39, 0.29) is 13.2 Å². The summed E-state index contributed by atoms with van der Waals surface area (Å²) in [6, 6.07) is 16.1. The van der Waals surface area contributed by atoms with Crippen LogP contribution < -0.4 is 5.32 Å². The van der Waals surface area contributed by atoms with Gasteiger partial charge in [0, 0.05) is 0 Å². The number of carbonyl (C=O) groups is 3. The maximum Gasteiger partial charge on any atom is 0.408 e. The largest absolute Gasteiger partial charge is 0.465 e. The highest BCUT2D eigenvalue weighted by atomic mass is 16.6. The number of hydrogen-bond donors (Lipinski definition) is 1. The van der Waals surface area contributed by atoms with Crippen LogP contribution in [0, 0.1) is 0 Å². The number of ether oxygens (including phenoxy) is 3. The molecule has 1 unspecified atom stereocenters. The molecule has 0 fully saturated rings. The van der Waals surface area contributed by atoms with Crippen LogP contribution in [0.2, 0.25) is 0 Å². The molecule has 2 aromatic rings. The number of rotatable bonds is 8. The minimum absolute atomic E-state index is 0.0424. The molecule has 0 aromatic heterocycles. The van der Waals surface area contributed by atoms with Crippen molar-refractivity contribution in [2.45, 2.75) is 51.7 Å². The molecule has 1 atom stereocenters. The van der Waals surface area contributed by atoms with E-state index in [1.807, 2.05) is 0 Å². The summed E-state index contributed by atoms with van der Waals surface area (Å²) in [6.45, 7) is 8.57. The van der Waals surface area contributed by atoms with Gasteiger partial charge >= 0.3 is 18.0 Å². The molecule has 0 aliphatic rings. The van der Waals surface area contributed by atoms with Crippen LogP contribution in [0.4, 0.5) is 4.79 Å². The average Bonchev–Trinajstić information content (AvgIpc) is 2.74. The van der Waals surface area contributed by atoms with E-state index in [4.69, 9.17) is 14.2 Å². The summed E-state index contributed by atoms with van der Waals surface area (Å²) in [5.41, 5.74) is -1.93. The summed E-state index contributed by atoms with van der Waals surface area (Å²) in [7, 11) is 0. The highest BCUT2D eigenvalue weighted by molar-refractivity contribution is 6.08. The predicted molar refractivity (Wildman–Crippen MR) is 120 cm³/mol. The van der Waals surface area contributed by atoms with Crippen LogP contribution in [0.3, 0.4) is 0 Å². The van der Waals surface area contributed by atoms with E-state index in [2.05, 4.69) is 5.32 Å². The highest BCUT2D eigenvalue weighted by Crippen LogP contribution is 2.40. The molecule has 1 amide bonds. The number of nitrogens with one attached hydrogen (secondary N) is 1. The van der Waals surface area contributed by atoms with Crippen LogP contribution in [0.15, 0.2) is 60.7 Å². The number of alkyl carbamates (subject to hydrolysis) is 1. The Kier molecular flexibility index (Phi) is 8.41. The minimum Gasteiger partial charge on any atom is -0.465 e. The van der Waals surface area contributed by atoms with E-state index in [9.17, 15) is 14.4 Å². The molecular formula is C25H31NO6. The van der Waals surface area contributed by atoms with E-state index in [0.717, 1.165) is 0 Å². The topological polar surface area (TPSA) is 90.9 Å². The Bertz CT molecular complexity index is 887. The fraction of sp³-hybridized carbons (Fsp3) is 0.400. The van der Waals surface area contributed by atoms with Crippen molar-refractivity contribution in [3.63, 3.8) is 0 Å². The average molecular weight is 442 g/mol. The van der Waals surface area contributed by atoms with Crippen molar-refractivity contribution in [3.05, 3.63) is 71.8 Å². The lowest BCUT2D eigenvalue weighted by molar-refractivity contribution is -0.167. The van der Waals surface area contributed by atoms with Gasteiger partial charge in [0.1, 0.15) is 5.60 Å². The van der Waals surface area contributed by atoms with Gasteiger partial charge in [-0.3, -0.25) is 9.59 Å². The van der Waals surface area contributed by atoms with Crippen LogP contribution in [0.25, 0.3) is 0 Å². The third-order valence-electron chi connectivity index (χ3n) is 4.65. The fourth-order valence-corrected chi connectivity index (χ4v) is 3.42. The zero-order chi connectivity index (χ0) is 23.8. The Balaban J connectivity index is 2.79. The first kappa shape index (κ1) is 24.9. The fourth-order valence-electron chi connectivity index (χ4n) is 3.42. The van der Waals surface area contributed by atoms with Crippen molar-refractivity contribution in [2.24, 2.45) is 0 Å². The van der Waals surface area contributed by atoms with Gasteiger partial charge in [-0.1, -0.05) is 60.7 Å². The molecule has 0 radical (unpaired) electrons. The van der Waals surface area contributed by atoms with Crippen molar-refractivity contribution in [1.82, 2.24) is 5.32 Å². The number of esters is 2. The Hall–Kier alpha value is -3.35. The Labute approximate surface area is 189 Å². The molecule has 7 nitrogen and oxygen atoms in total. The van der Waals surface area contributed by atoms with Gasteiger partial charge in [0.15, 0.2) is 0 Å². The van der Waals surface area contributed by atoms with Gasteiger partial charge in [-0.05, 0) is 45.7 Å². The van der Waals surface area contributed by atoms with Crippen LogP contribution >= 0.6 is 0 Å².